The van der Waals surface area contributed by atoms with Crippen LogP contribution in [0.3, 0.4) is 0 Å². The molecule has 2 aliphatic heterocycles. The van der Waals surface area contributed by atoms with Gasteiger partial charge in [0.15, 0.2) is 6.23 Å². The Balaban J connectivity index is 1.48. The monoisotopic (exact) mass is 628 g/mol. The summed E-state index contributed by atoms with van der Waals surface area (Å²) >= 11 is 0. The highest BCUT2D eigenvalue weighted by atomic mass is 16.6. The minimum Gasteiger partial charge on any atom is -0.497 e. The van der Waals surface area contributed by atoms with E-state index in [1.807, 2.05) is 78.9 Å². The number of hydrogen-bond acceptors (Lipinski definition) is 8. The molecule has 2 saturated heterocycles. The third-order valence-corrected chi connectivity index (χ3v) is 8.91. The van der Waals surface area contributed by atoms with Crippen molar-refractivity contribution in [3.05, 3.63) is 128 Å². The van der Waals surface area contributed by atoms with Crippen molar-refractivity contribution < 1.29 is 28.8 Å². The number of carbonyl (C=O) groups is 1. The minimum absolute atomic E-state index is 0.0117. The van der Waals surface area contributed by atoms with Gasteiger partial charge in [-0.3, -0.25) is 14.3 Å². The van der Waals surface area contributed by atoms with Crippen LogP contribution in [0, 0.1) is 6.92 Å². The molecule has 240 valence electrons. The van der Waals surface area contributed by atoms with Crippen molar-refractivity contribution in [3.63, 3.8) is 0 Å². The zero-order valence-electron chi connectivity index (χ0n) is 25.9. The van der Waals surface area contributed by atoms with Crippen LogP contribution in [0.4, 0.5) is 4.79 Å². The van der Waals surface area contributed by atoms with Gasteiger partial charge in [0, 0.05) is 18.8 Å². The summed E-state index contributed by atoms with van der Waals surface area (Å²) < 4.78 is 25.7. The number of aliphatic hydroxyl groups is 1. The number of rotatable bonds is 9. The molecule has 12 heteroatoms. The molecule has 0 radical (unpaired) electrons. The highest BCUT2D eigenvalue weighted by Crippen LogP contribution is 2.49. The number of fused-ring (bicyclic) bond motifs is 2. The summed E-state index contributed by atoms with van der Waals surface area (Å²) in [5, 5.41) is 14.5. The van der Waals surface area contributed by atoms with E-state index >= 15 is 0 Å². The number of aliphatic hydroxyl groups excluding tert-OH is 1. The second-order valence-corrected chi connectivity index (χ2v) is 11.5. The van der Waals surface area contributed by atoms with Crippen LogP contribution in [-0.4, -0.2) is 77.8 Å². The summed E-state index contributed by atoms with van der Waals surface area (Å²) in [6, 6.07) is 23.3. The second-order valence-electron chi connectivity index (χ2n) is 11.5. The lowest BCUT2D eigenvalue weighted by molar-refractivity contribution is -0.174. The molecule has 0 spiro atoms. The maximum Gasteiger partial charge on any atom is 0.330 e. The topological polar surface area (TPSA) is 144 Å². The van der Waals surface area contributed by atoms with Crippen molar-refractivity contribution in [2.45, 2.75) is 36.5 Å². The van der Waals surface area contributed by atoms with E-state index in [1.54, 1.807) is 21.1 Å². The maximum absolute atomic E-state index is 13.1. The van der Waals surface area contributed by atoms with E-state index in [0.717, 1.165) is 16.7 Å². The van der Waals surface area contributed by atoms with Crippen molar-refractivity contribution in [1.29, 1.82) is 0 Å². The van der Waals surface area contributed by atoms with Gasteiger partial charge in [-0.15, -0.1) is 0 Å². The van der Waals surface area contributed by atoms with Crippen LogP contribution in [0.1, 0.15) is 28.5 Å². The van der Waals surface area contributed by atoms with E-state index in [1.165, 1.54) is 22.7 Å². The van der Waals surface area contributed by atoms with Gasteiger partial charge in [-0.1, -0.05) is 54.6 Å². The molecule has 3 heterocycles. The Morgan fingerprint density at radius 1 is 0.978 bits per heavy atom. The third-order valence-electron chi connectivity index (χ3n) is 8.91. The van der Waals surface area contributed by atoms with E-state index in [2.05, 4.69) is 10.3 Å². The summed E-state index contributed by atoms with van der Waals surface area (Å²) in [6.07, 6.45) is -0.964. The quantitative estimate of drug-likeness (QED) is 0.240. The number of nitrogens with zero attached hydrogens (tertiary/aromatic N) is 2. The molecule has 3 aromatic carbocycles. The number of nitrogens with one attached hydrogen (secondary N) is 2. The van der Waals surface area contributed by atoms with Gasteiger partial charge in [-0.25, -0.2) is 9.59 Å². The van der Waals surface area contributed by atoms with E-state index < -0.39 is 46.9 Å². The highest BCUT2D eigenvalue weighted by Gasteiger charge is 2.66. The fourth-order valence-electron chi connectivity index (χ4n) is 6.51. The number of methoxy groups -OCH3 is 2. The number of morpholine rings is 1. The Morgan fingerprint density at radius 2 is 1.54 bits per heavy atom. The van der Waals surface area contributed by atoms with Crippen LogP contribution in [0.2, 0.25) is 0 Å². The van der Waals surface area contributed by atoms with Gasteiger partial charge >= 0.3 is 11.7 Å². The molecule has 0 unspecified atom stereocenters. The van der Waals surface area contributed by atoms with Gasteiger partial charge in [-0.2, -0.15) is 0 Å². The lowest BCUT2D eigenvalue weighted by Crippen LogP contribution is -2.54. The molecule has 0 saturated carbocycles. The summed E-state index contributed by atoms with van der Waals surface area (Å²) in [5.41, 5.74) is -1.29. The first-order valence-corrected chi connectivity index (χ1v) is 14.8. The Hall–Kier alpha value is -4.91. The van der Waals surface area contributed by atoms with Crippen molar-refractivity contribution >= 4 is 6.03 Å². The van der Waals surface area contributed by atoms with Crippen molar-refractivity contribution in [1.82, 2.24) is 19.8 Å². The SMILES string of the molecule is CNC(=O)N1C[C@]2(COC(c3ccccc3)(c3ccc(OC)cc3)c3ccc(OC)cc3)O[C@@H](n3cc(C)c(=O)[nH]c3=O)[C@H]1[C@@H]2O. The standard InChI is InChI=1S/C34H36N4O8/c1-21-18-37(32(42)36-29(21)40)30-27-28(39)33(46-30,19-38(27)31(41)35-2)20-45-34(22-8-6-5-7-9-22,23-10-14-25(43-3)15-11-23)24-12-16-26(44-4)17-13-24/h5-18,27-28,30,39H,19-20H2,1-4H3,(H,35,41)(H,36,40,42)/t27-,28+,30-,33-/m1/s1. The van der Waals surface area contributed by atoms with Gasteiger partial charge in [-0.05, 0) is 47.9 Å². The molecule has 12 nitrogen and oxygen atoms in total. The number of aryl methyl sites for hydroxylation is 1. The summed E-state index contributed by atoms with van der Waals surface area (Å²) in [6.45, 7) is 1.37. The lowest BCUT2D eigenvalue weighted by atomic mass is 9.79. The molecular weight excluding hydrogens is 592 g/mol. The van der Waals surface area contributed by atoms with Crippen LogP contribution in [0.15, 0.2) is 94.6 Å². The molecule has 6 rings (SSSR count). The first-order valence-electron chi connectivity index (χ1n) is 14.8. The molecule has 4 atom stereocenters. The normalized spacial score (nSPS) is 22.1. The Labute approximate surface area is 265 Å². The highest BCUT2D eigenvalue weighted by molar-refractivity contribution is 5.75. The number of urea groups is 1. The van der Waals surface area contributed by atoms with Crippen LogP contribution in [0.25, 0.3) is 0 Å². The largest absolute Gasteiger partial charge is 0.497 e. The van der Waals surface area contributed by atoms with Gasteiger partial charge in [0.2, 0.25) is 0 Å². The average molecular weight is 629 g/mol. The van der Waals surface area contributed by atoms with Gasteiger partial charge < -0.3 is 34.3 Å². The first kappa shape index (κ1) is 31.1. The zero-order chi connectivity index (χ0) is 32.6. The van der Waals surface area contributed by atoms with Gasteiger partial charge in [0.1, 0.15) is 34.8 Å². The Bertz CT molecular complexity index is 1780. The number of likely N-dealkylation sites (tertiary alicyclic amines) is 1. The van der Waals surface area contributed by atoms with Crippen LogP contribution >= 0.6 is 0 Å². The smallest absolute Gasteiger partial charge is 0.330 e. The molecule has 2 amide bonds. The Kier molecular flexibility index (Phi) is 8.19. The van der Waals surface area contributed by atoms with Crippen LogP contribution in [-0.2, 0) is 15.1 Å². The molecule has 1 aromatic heterocycles. The maximum atomic E-state index is 13.1. The van der Waals surface area contributed by atoms with E-state index in [-0.39, 0.29) is 18.7 Å². The average Bonchev–Trinajstić information content (AvgIpc) is 3.53. The van der Waals surface area contributed by atoms with Gasteiger partial charge in [0.05, 0.1) is 27.4 Å². The molecule has 2 aliphatic rings. The van der Waals surface area contributed by atoms with E-state index in [9.17, 15) is 19.5 Å². The number of amides is 2. The first-order chi connectivity index (χ1) is 22.2. The number of aromatic nitrogens is 2. The number of ether oxygens (including phenoxy) is 4. The predicted octanol–water partition coefficient (Wildman–Crippen LogP) is 2.52. The molecule has 2 bridgehead atoms. The molecule has 3 N–H and O–H groups in total. The fraction of sp³-hybridized carbons (Fsp3) is 0.324. The molecular formula is C34H36N4O8. The van der Waals surface area contributed by atoms with Crippen molar-refractivity contribution in [2.75, 3.05) is 34.4 Å². The summed E-state index contributed by atoms with van der Waals surface area (Å²) in [7, 11) is 4.68. The molecule has 4 aromatic rings. The number of H-pyrrole nitrogens is 1. The summed E-state index contributed by atoms with van der Waals surface area (Å²) in [5.74, 6) is 1.33. The van der Waals surface area contributed by atoms with Crippen molar-refractivity contribution in [3.8, 4) is 11.5 Å². The zero-order valence-corrected chi connectivity index (χ0v) is 25.9. The van der Waals surface area contributed by atoms with E-state index in [0.29, 0.717) is 11.5 Å². The number of carbonyl (C=O) groups excluding carboxylic acids is 1. The lowest BCUT2D eigenvalue weighted by Gasteiger charge is -2.41. The minimum atomic E-state index is -1.44. The Morgan fingerprint density at radius 3 is 2.09 bits per heavy atom. The van der Waals surface area contributed by atoms with Crippen LogP contribution < -0.4 is 26.0 Å². The third kappa shape index (κ3) is 5.04. The molecule has 46 heavy (non-hydrogen) atoms. The number of hydrogen-bond donors (Lipinski definition) is 3. The number of aromatic amines is 1. The van der Waals surface area contributed by atoms with E-state index in [4.69, 9.17) is 18.9 Å². The second kappa shape index (κ2) is 12.1. The van der Waals surface area contributed by atoms with Gasteiger partial charge in [0.25, 0.3) is 5.56 Å². The van der Waals surface area contributed by atoms with Crippen LogP contribution in [0.5, 0.6) is 11.5 Å². The van der Waals surface area contributed by atoms with Crippen molar-refractivity contribution in [2.24, 2.45) is 0 Å². The predicted molar refractivity (Wildman–Crippen MR) is 168 cm³/mol. The number of benzene rings is 3. The molecule has 2 fully saturated rings. The molecule has 0 aliphatic carbocycles. The summed E-state index contributed by atoms with van der Waals surface area (Å²) in [4.78, 5) is 41.9. The fourth-order valence-corrected chi connectivity index (χ4v) is 6.51.